The summed E-state index contributed by atoms with van der Waals surface area (Å²) in [4.78, 5) is 25.0. The van der Waals surface area contributed by atoms with Crippen LogP contribution in [0.2, 0.25) is 0 Å². The Bertz CT molecular complexity index is 597. The second-order valence-electron chi connectivity index (χ2n) is 6.39. The maximum Gasteiger partial charge on any atom is 0.246 e. The van der Waals surface area contributed by atoms with Crippen LogP contribution in [0.25, 0.3) is 6.08 Å². The van der Waals surface area contributed by atoms with Gasteiger partial charge in [-0.2, -0.15) is 0 Å². The number of furan rings is 1. The van der Waals surface area contributed by atoms with Crippen LogP contribution in [0.5, 0.6) is 0 Å². The third-order valence-electron chi connectivity index (χ3n) is 4.72. The number of carbonyl (C=O) groups excluding carboxylic acids is 2. The highest BCUT2D eigenvalue weighted by Gasteiger charge is 2.36. The summed E-state index contributed by atoms with van der Waals surface area (Å²) < 4.78 is 5.75. The maximum absolute atomic E-state index is 12.1. The minimum absolute atomic E-state index is 0.0411. The Morgan fingerprint density at radius 3 is 2.59 bits per heavy atom. The van der Waals surface area contributed by atoms with Crippen molar-refractivity contribution in [1.82, 2.24) is 4.90 Å². The van der Waals surface area contributed by atoms with E-state index in [9.17, 15) is 9.59 Å². The maximum atomic E-state index is 12.1. The van der Waals surface area contributed by atoms with Crippen LogP contribution in [-0.2, 0) is 9.59 Å². The zero-order valence-electron chi connectivity index (χ0n) is 12.8. The number of rotatable bonds is 4. The largest absolute Gasteiger partial charge is 0.461 e. The van der Waals surface area contributed by atoms with Gasteiger partial charge in [-0.25, -0.2) is 0 Å². The second kappa shape index (κ2) is 5.99. The number of hydrogen-bond acceptors (Lipinski definition) is 3. The lowest BCUT2D eigenvalue weighted by Gasteiger charge is -2.29. The Balaban J connectivity index is 1.53. The summed E-state index contributed by atoms with van der Waals surface area (Å²) in [5.41, 5.74) is 5.30. The molecule has 2 amide bonds. The van der Waals surface area contributed by atoms with Gasteiger partial charge >= 0.3 is 0 Å². The fourth-order valence-corrected chi connectivity index (χ4v) is 3.02. The summed E-state index contributed by atoms with van der Waals surface area (Å²) in [6, 6.07) is 3.90. The van der Waals surface area contributed by atoms with Gasteiger partial charge < -0.3 is 15.1 Å². The van der Waals surface area contributed by atoms with E-state index in [4.69, 9.17) is 10.2 Å². The van der Waals surface area contributed by atoms with Crippen molar-refractivity contribution >= 4 is 17.9 Å². The molecule has 2 heterocycles. The van der Waals surface area contributed by atoms with Crippen molar-refractivity contribution in [2.45, 2.75) is 32.1 Å². The van der Waals surface area contributed by atoms with Gasteiger partial charge in [-0.1, -0.05) is 6.92 Å². The molecule has 22 heavy (non-hydrogen) atoms. The average Bonchev–Trinajstić information content (AvgIpc) is 3.06. The minimum Gasteiger partial charge on any atom is -0.461 e. The number of amides is 2. The fourth-order valence-electron chi connectivity index (χ4n) is 3.02. The molecule has 1 saturated heterocycles. The molecular formula is C17H22N2O3. The molecule has 5 nitrogen and oxygen atoms in total. The van der Waals surface area contributed by atoms with Gasteiger partial charge in [-0.3, -0.25) is 9.59 Å². The third kappa shape index (κ3) is 3.24. The normalized spacial score (nSPS) is 25.6. The molecule has 1 aliphatic carbocycles. The molecule has 1 aromatic heterocycles. The average molecular weight is 302 g/mol. The van der Waals surface area contributed by atoms with Crippen LogP contribution in [0, 0.1) is 11.8 Å². The molecular weight excluding hydrogens is 280 g/mol. The number of primary amides is 1. The predicted octanol–water partition coefficient (Wildman–Crippen LogP) is 2.14. The van der Waals surface area contributed by atoms with E-state index in [1.54, 1.807) is 17.1 Å². The van der Waals surface area contributed by atoms with Gasteiger partial charge in [0.05, 0.1) is 0 Å². The van der Waals surface area contributed by atoms with Crippen LogP contribution in [0.3, 0.4) is 0 Å². The lowest BCUT2D eigenvalue weighted by Crippen LogP contribution is -2.41. The van der Waals surface area contributed by atoms with E-state index in [1.807, 2.05) is 12.1 Å². The van der Waals surface area contributed by atoms with Crippen molar-refractivity contribution in [3.63, 3.8) is 0 Å². The third-order valence-corrected chi connectivity index (χ3v) is 4.72. The number of hydrogen-bond donors (Lipinski definition) is 1. The van der Waals surface area contributed by atoms with Gasteiger partial charge in [0.25, 0.3) is 0 Å². The zero-order valence-corrected chi connectivity index (χ0v) is 12.8. The quantitative estimate of drug-likeness (QED) is 0.866. The molecule has 0 radical (unpaired) electrons. The highest BCUT2D eigenvalue weighted by Crippen LogP contribution is 2.47. The van der Waals surface area contributed by atoms with Crippen LogP contribution >= 0.6 is 0 Å². The van der Waals surface area contributed by atoms with Crippen molar-refractivity contribution in [3.05, 3.63) is 29.7 Å². The first-order chi connectivity index (χ1) is 10.5. The molecule has 2 aliphatic rings. The number of nitrogens with two attached hydrogens (primary N) is 1. The first kappa shape index (κ1) is 14.9. The van der Waals surface area contributed by atoms with Crippen molar-refractivity contribution in [1.29, 1.82) is 0 Å². The van der Waals surface area contributed by atoms with Crippen LogP contribution in [0.4, 0.5) is 0 Å². The molecule has 1 aromatic rings. The zero-order chi connectivity index (χ0) is 15.7. The summed E-state index contributed by atoms with van der Waals surface area (Å²) in [6.45, 7) is 3.38. The summed E-state index contributed by atoms with van der Waals surface area (Å²) in [5.74, 6) is 2.58. The standard InChI is InChI=1S/C17H22N2O3/c1-11-10-14(11)15-4-2-13(22-15)3-5-16(20)19-8-6-12(7-9-19)17(18)21/h2-5,11-12,14H,6-10H2,1H3,(H2,18,21)/b5-3+/t11-,14-/m1/s1. The van der Waals surface area contributed by atoms with E-state index >= 15 is 0 Å². The molecule has 0 bridgehead atoms. The van der Waals surface area contributed by atoms with Crippen molar-refractivity contribution < 1.29 is 14.0 Å². The van der Waals surface area contributed by atoms with E-state index < -0.39 is 0 Å². The molecule has 2 N–H and O–H groups in total. The monoisotopic (exact) mass is 302 g/mol. The summed E-state index contributed by atoms with van der Waals surface area (Å²) in [7, 11) is 0. The SMILES string of the molecule is C[C@@H]1C[C@H]1c1ccc(/C=C/C(=O)N2CCC(C(N)=O)CC2)o1. The van der Waals surface area contributed by atoms with Crippen LogP contribution in [0.1, 0.15) is 43.6 Å². The Morgan fingerprint density at radius 1 is 1.32 bits per heavy atom. The Hall–Kier alpha value is -2.04. The van der Waals surface area contributed by atoms with Gasteiger partial charge in [0.15, 0.2) is 0 Å². The molecule has 118 valence electrons. The second-order valence-corrected chi connectivity index (χ2v) is 6.39. The Kier molecular flexibility index (Phi) is 4.05. The molecule has 1 aliphatic heterocycles. The summed E-state index contributed by atoms with van der Waals surface area (Å²) in [5, 5.41) is 0. The first-order valence-electron chi connectivity index (χ1n) is 7.90. The highest BCUT2D eigenvalue weighted by atomic mass is 16.3. The molecule has 2 fully saturated rings. The van der Waals surface area contributed by atoms with Gasteiger partial charge in [0.2, 0.25) is 11.8 Å². The molecule has 2 atom stereocenters. The number of piperidine rings is 1. The predicted molar refractivity (Wildman–Crippen MR) is 82.8 cm³/mol. The van der Waals surface area contributed by atoms with Gasteiger partial charge in [0, 0.05) is 31.0 Å². The minimum atomic E-state index is -0.264. The van der Waals surface area contributed by atoms with E-state index in [0.717, 1.165) is 11.5 Å². The topological polar surface area (TPSA) is 76.5 Å². The molecule has 0 spiro atoms. The number of likely N-dealkylation sites (tertiary alicyclic amines) is 1. The van der Waals surface area contributed by atoms with E-state index in [1.165, 1.54) is 6.42 Å². The van der Waals surface area contributed by atoms with E-state index in [0.29, 0.717) is 37.8 Å². The molecule has 0 aromatic carbocycles. The lowest BCUT2D eigenvalue weighted by molar-refractivity contribution is -0.130. The van der Waals surface area contributed by atoms with Crippen LogP contribution < -0.4 is 5.73 Å². The van der Waals surface area contributed by atoms with Crippen molar-refractivity contribution in [2.24, 2.45) is 17.6 Å². The Labute approximate surface area is 130 Å². The smallest absolute Gasteiger partial charge is 0.246 e. The molecule has 3 rings (SSSR count). The van der Waals surface area contributed by atoms with E-state index in [2.05, 4.69) is 6.92 Å². The van der Waals surface area contributed by atoms with Crippen molar-refractivity contribution in [2.75, 3.05) is 13.1 Å². The van der Waals surface area contributed by atoms with Gasteiger partial charge in [-0.05, 0) is 43.4 Å². The van der Waals surface area contributed by atoms with Gasteiger partial charge in [0.1, 0.15) is 11.5 Å². The van der Waals surface area contributed by atoms with E-state index in [-0.39, 0.29) is 17.7 Å². The molecule has 0 unspecified atom stereocenters. The fraction of sp³-hybridized carbons (Fsp3) is 0.529. The summed E-state index contributed by atoms with van der Waals surface area (Å²) >= 11 is 0. The van der Waals surface area contributed by atoms with Gasteiger partial charge in [-0.15, -0.1) is 0 Å². The first-order valence-corrected chi connectivity index (χ1v) is 7.90. The Morgan fingerprint density at radius 2 is 2.00 bits per heavy atom. The highest BCUT2D eigenvalue weighted by molar-refractivity contribution is 5.91. The molecule has 5 heteroatoms. The summed E-state index contributed by atoms with van der Waals surface area (Å²) in [6.07, 6.45) is 5.76. The van der Waals surface area contributed by atoms with Crippen LogP contribution in [-0.4, -0.2) is 29.8 Å². The number of carbonyl (C=O) groups is 2. The number of nitrogens with zero attached hydrogens (tertiary/aromatic N) is 1. The van der Waals surface area contributed by atoms with Crippen LogP contribution in [0.15, 0.2) is 22.6 Å². The van der Waals surface area contributed by atoms with Crippen molar-refractivity contribution in [3.8, 4) is 0 Å². The molecule has 1 saturated carbocycles. The lowest BCUT2D eigenvalue weighted by atomic mass is 9.96.